The van der Waals surface area contributed by atoms with E-state index in [1.54, 1.807) is 17.8 Å². The highest BCUT2D eigenvalue weighted by atomic mass is 16.5. The molecule has 0 atom stereocenters. The highest BCUT2D eigenvalue weighted by Crippen LogP contribution is 2.35. The number of nitrogens with zero attached hydrogens (tertiary/aromatic N) is 5. The van der Waals surface area contributed by atoms with Crippen LogP contribution < -0.4 is 5.32 Å². The van der Waals surface area contributed by atoms with Gasteiger partial charge in [0, 0.05) is 25.6 Å². The third-order valence-corrected chi connectivity index (χ3v) is 5.39. The Labute approximate surface area is 157 Å². The van der Waals surface area contributed by atoms with Crippen LogP contribution in [-0.2, 0) is 12.6 Å². The van der Waals surface area contributed by atoms with Gasteiger partial charge in [-0.25, -0.2) is 4.98 Å². The maximum atomic E-state index is 13.1. The van der Waals surface area contributed by atoms with Crippen molar-refractivity contribution >= 4 is 16.9 Å². The smallest absolute Gasteiger partial charge is 0.253 e. The fourth-order valence-electron chi connectivity index (χ4n) is 3.95. The van der Waals surface area contributed by atoms with E-state index in [2.05, 4.69) is 25.5 Å². The molecule has 0 radical (unpaired) electrons. The van der Waals surface area contributed by atoms with Gasteiger partial charge in [-0.15, -0.1) is 0 Å². The van der Waals surface area contributed by atoms with E-state index in [4.69, 9.17) is 4.52 Å². The van der Waals surface area contributed by atoms with Crippen molar-refractivity contribution < 1.29 is 9.32 Å². The first-order valence-corrected chi connectivity index (χ1v) is 9.41. The molecule has 3 aromatic heterocycles. The normalized spacial score (nSPS) is 17.0. The lowest BCUT2D eigenvalue weighted by Crippen LogP contribution is -2.46. The summed E-state index contributed by atoms with van der Waals surface area (Å²) in [4.78, 5) is 22.0. The van der Waals surface area contributed by atoms with Gasteiger partial charge in [-0.2, -0.15) is 10.1 Å². The third-order valence-electron chi connectivity index (χ3n) is 5.39. The van der Waals surface area contributed by atoms with E-state index < -0.39 is 5.54 Å². The molecule has 27 heavy (non-hydrogen) atoms. The number of nitrogens with one attached hydrogen (secondary N) is 1. The van der Waals surface area contributed by atoms with Crippen LogP contribution in [0.25, 0.3) is 11.0 Å². The van der Waals surface area contributed by atoms with Crippen molar-refractivity contribution in [1.82, 2.24) is 30.2 Å². The van der Waals surface area contributed by atoms with Gasteiger partial charge in [0.25, 0.3) is 5.91 Å². The molecule has 8 heteroatoms. The number of aromatic nitrogens is 5. The Morgan fingerprint density at radius 1 is 1.22 bits per heavy atom. The molecular formula is C19H24N6O2. The monoisotopic (exact) mass is 368 g/mol. The molecule has 1 aliphatic rings. The maximum absolute atomic E-state index is 13.1. The summed E-state index contributed by atoms with van der Waals surface area (Å²) in [6.45, 7) is 3.69. The molecule has 3 heterocycles. The van der Waals surface area contributed by atoms with E-state index >= 15 is 0 Å². The summed E-state index contributed by atoms with van der Waals surface area (Å²) in [6, 6.07) is 1.85. The summed E-state index contributed by atoms with van der Waals surface area (Å²) in [5, 5.41) is 12.6. The number of fused-ring (bicyclic) bond motifs is 1. The van der Waals surface area contributed by atoms with E-state index in [0.717, 1.165) is 55.3 Å². The van der Waals surface area contributed by atoms with Crippen LogP contribution in [0.4, 0.5) is 0 Å². The molecule has 1 amide bonds. The lowest BCUT2D eigenvalue weighted by molar-refractivity contribution is 0.0876. The molecule has 0 spiro atoms. The summed E-state index contributed by atoms with van der Waals surface area (Å²) in [5.41, 5.74) is 1.54. The topological polar surface area (TPSA) is 98.7 Å². The van der Waals surface area contributed by atoms with Crippen LogP contribution in [-0.4, -0.2) is 30.8 Å². The lowest BCUT2D eigenvalue weighted by atomic mass is 9.88. The first-order chi connectivity index (χ1) is 13.0. The molecule has 0 saturated heterocycles. The minimum Gasteiger partial charge on any atom is -0.340 e. The molecule has 3 aromatic rings. The third kappa shape index (κ3) is 3.20. The standard InChI is InChI=1S/C19H24N6O2/c1-12-15-10-14(11-20-16(15)25(3)23-12)17(26)22-19(8-6-4-5-7-9-19)18-21-13(2)27-24-18/h10-11H,4-9H2,1-3H3,(H,22,26). The molecular weight excluding hydrogens is 344 g/mol. The first-order valence-electron chi connectivity index (χ1n) is 9.41. The van der Waals surface area contributed by atoms with E-state index in [9.17, 15) is 4.79 Å². The summed E-state index contributed by atoms with van der Waals surface area (Å²) < 4.78 is 6.93. The highest BCUT2D eigenvalue weighted by molar-refractivity contribution is 5.97. The minimum absolute atomic E-state index is 0.169. The molecule has 1 aliphatic carbocycles. The first kappa shape index (κ1) is 17.6. The molecule has 142 valence electrons. The number of carbonyl (C=O) groups excluding carboxylic acids is 1. The predicted octanol–water partition coefficient (Wildman–Crippen LogP) is 2.95. The molecule has 4 rings (SSSR count). The Morgan fingerprint density at radius 3 is 2.63 bits per heavy atom. The van der Waals surface area contributed by atoms with Gasteiger partial charge in [0.1, 0.15) is 5.54 Å². The van der Waals surface area contributed by atoms with E-state index in [1.165, 1.54) is 0 Å². The quantitative estimate of drug-likeness (QED) is 0.714. The molecule has 0 bridgehead atoms. The Kier molecular flexibility index (Phi) is 4.41. The zero-order chi connectivity index (χ0) is 19.0. The summed E-state index contributed by atoms with van der Waals surface area (Å²) in [7, 11) is 1.85. The number of amides is 1. The largest absolute Gasteiger partial charge is 0.340 e. The molecule has 1 saturated carbocycles. The van der Waals surface area contributed by atoms with Crippen LogP contribution in [0.1, 0.15) is 66.3 Å². The average molecular weight is 368 g/mol. The van der Waals surface area contributed by atoms with Crippen molar-refractivity contribution in [1.29, 1.82) is 0 Å². The lowest BCUT2D eigenvalue weighted by Gasteiger charge is -2.30. The van der Waals surface area contributed by atoms with Crippen molar-refractivity contribution in [3.63, 3.8) is 0 Å². The number of aryl methyl sites for hydroxylation is 3. The second-order valence-corrected chi connectivity index (χ2v) is 7.39. The second-order valence-electron chi connectivity index (χ2n) is 7.39. The SMILES string of the molecule is Cc1nc(C2(NC(=O)c3cnc4c(c3)c(C)nn4C)CCCCCC2)no1. The Hall–Kier alpha value is -2.77. The zero-order valence-electron chi connectivity index (χ0n) is 15.9. The number of hydrogen-bond acceptors (Lipinski definition) is 6. The highest BCUT2D eigenvalue weighted by Gasteiger charge is 2.39. The van der Waals surface area contributed by atoms with Crippen molar-refractivity contribution in [2.24, 2.45) is 7.05 Å². The summed E-state index contributed by atoms with van der Waals surface area (Å²) in [6.07, 6.45) is 7.55. The molecule has 0 aliphatic heterocycles. The second kappa shape index (κ2) is 6.75. The van der Waals surface area contributed by atoms with Crippen molar-refractivity contribution in [3.05, 3.63) is 35.2 Å². The zero-order valence-corrected chi connectivity index (χ0v) is 15.9. The van der Waals surface area contributed by atoms with Crippen LogP contribution in [0.3, 0.4) is 0 Å². The summed E-state index contributed by atoms with van der Waals surface area (Å²) in [5.74, 6) is 0.913. The fourth-order valence-corrected chi connectivity index (χ4v) is 3.95. The molecule has 0 aromatic carbocycles. The van der Waals surface area contributed by atoms with Gasteiger partial charge < -0.3 is 9.84 Å². The number of rotatable bonds is 3. The van der Waals surface area contributed by atoms with Crippen molar-refractivity contribution in [2.75, 3.05) is 0 Å². The van der Waals surface area contributed by atoms with E-state index in [0.29, 0.717) is 17.3 Å². The Morgan fingerprint density at radius 2 is 1.96 bits per heavy atom. The summed E-state index contributed by atoms with van der Waals surface area (Å²) >= 11 is 0. The van der Waals surface area contributed by atoms with Gasteiger partial charge in [-0.05, 0) is 25.8 Å². The van der Waals surface area contributed by atoms with Crippen molar-refractivity contribution in [2.45, 2.75) is 57.9 Å². The van der Waals surface area contributed by atoms with Gasteiger partial charge >= 0.3 is 0 Å². The average Bonchev–Trinajstić information content (AvgIpc) is 3.11. The predicted molar refractivity (Wildman–Crippen MR) is 99.1 cm³/mol. The Bertz CT molecular complexity index is 981. The number of hydrogen-bond donors (Lipinski definition) is 1. The van der Waals surface area contributed by atoms with Gasteiger partial charge in [0.2, 0.25) is 5.89 Å². The molecule has 1 N–H and O–H groups in total. The maximum Gasteiger partial charge on any atom is 0.253 e. The van der Waals surface area contributed by atoms with Gasteiger partial charge in [0.05, 0.1) is 11.3 Å². The van der Waals surface area contributed by atoms with Gasteiger partial charge in [-0.3, -0.25) is 9.48 Å². The van der Waals surface area contributed by atoms with Gasteiger partial charge in [-0.1, -0.05) is 30.8 Å². The fraction of sp³-hybridized carbons (Fsp3) is 0.526. The molecule has 8 nitrogen and oxygen atoms in total. The molecule has 0 unspecified atom stereocenters. The van der Waals surface area contributed by atoms with Crippen LogP contribution in [0.15, 0.2) is 16.8 Å². The number of pyridine rings is 1. The minimum atomic E-state index is -0.593. The van der Waals surface area contributed by atoms with Crippen LogP contribution in [0, 0.1) is 13.8 Å². The van der Waals surface area contributed by atoms with Crippen molar-refractivity contribution in [3.8, 4) is 0 Å². The van der Waals surface area contributed by atoms with E-state index in [1.807, 2.05) is 20.0 Å². The van der Waals surface area contributed by atoms with E-state index in [-0.39, 0.29) is 5.91 Å². The molecule has 1 fully saturated rings. The van der Waals surface area contributed by atoms with Crippen LogP contribution in [0.5, 0.6) is 0 Å². The van der Waals surface area contributed by atoms with Crippen LogP contribution in [0.2, 0.25) is 0 Å². The van der Waals surface area contributed by atoms with Crippen LogP contribution >= 0.6 is 0 Å². The Balaban J connectivity index is 1.68. The van der Waals surface area contributed by atoms with Gasteiger partial charge in [0.15, 0.2) is 11.5 Å². The number of carbonyl (C=O) groups is 1.